The maximum atomic E-state index is 12.6. The Morgan fingerprint density at radius 2 is 2.16 bits per heavy atom. The van der Waals surface area contributed by atoms with Crippen molar-refractivity contribution in [2.45, 2.75) is 18.4 Å². The summed E-state index contributed by atoms with van der Waals surface area (Å²) in [4.78, 5) is 14.5. The molecule has 0 bridgehead atoms. The topological polar surface area (TPSA) is 58.4 Å². The molecular formula is C15H21N3O. The molecule has 1 aliphatic carbocycles. The van der Waals surface area contributed by atoms with Gasteiger partial charge in [0.05, 0.1) is 6.04 Å². The predicted molar refractivity (Wildman–Crippen MR) is 74.7 cm³/mol. The van der Waals surface area contributed by atoms with Gasteiger partial charge in [0.25, 0.3) is 0 Å². The quantitative estimate of drug-likeness (QED) is 0.833. The van der Waals surface area contributed by atoms with Crippen molar-refractivity contribution >= 4 is 5.91 Å². The average Bonchev–Trinajstić information content (AvgIpc) is 3.28. The largest absolute Gasteiger partial charge is 0.336 e. The van der Waals surface area contributed by atoms with E-state index in [0.717, 1.165) is 26.1 Å². The zero-order valence-corrected chi connectivity index (χ0v) is 11.1. The highest BCUT2D eigenvalue weighted by atomic mass is 16.2. The van der Waals surface area contributed by atoms with Crippen molar-refractivity contribution in [2.24, 2.45) is 11.7 Å². The number of amides is 1. The lowest BCUT2D eigenvalue weighted by molar-refractivity contribution is -0.135. The summed E-state index contributed by atoms with van der Waals surface area (Å²) >= 11 is 0. The second kappa shape index (κ2) is 5.31. The molecule has 0 radical (unpaired) electrons. The summed E-state index contributed by atoms with van der Waals surface area (Å²) in [7, 11) is 0. The van der Waals surface area contributed by atoms with Gasteiger partial charge in [0.2, 0.25) is 5.91 Å². The number of carbonyl (C=O) groups excluding carboxylic acids is 1. The van der Waals surface area contributed by atoms with Crippen LogP contribution in [0.15, 0.2) is 30.3 Å². The van der Waals surface area contributed by atoms with E-state index in [4.69, 9.17) is 5.73 Å². The average molecular weight is 259 g/mol. The van der Waals surface area contributed by atoms with Crippen LogP contribution in [-0.4, -0.2) is 43.0 Å². The van der Waals surface area contributed by atoms with E-state index in [1.165, 1.54) is 5.56 Å². The summed E-state index contributed by atoms with van der Waals surface area (Å²) in [6, 6.07) is 10.5. The summed E-state index contributed by atoms with van der Waals surface area (Å²) in [5, 5.41) is 3.30. The van der Waals surface area contributed by atoms with Gasteiger partial charge < -0.3 is 16.0 Å². The van der Waals surface area contributed by atoms with Crippen LogP contribution in [0.5, 0.6) is 0 Å². The van der Waals surface area contributed by atoms with Crippen molar-refractivity contribution in [2.75, 3.05) is 26.2 Å². The van der Waals surface area contributed by atoms with E-state index in [-0.39, 0.29) is 12.0 Å². The molecule has 102 valence electrons. The minimum atomic E-state index is 0.165. The van der Waals surface area contributed by atoms with Gasteiger partial charge in [-0.2, -0.15) is 0 Å². The Hall–Kier alpha value is -1.39. The van der Waals surface area contributed by atoms with E-state index >= 15 is 0 Å². The van der Waals surface area contributed by atoms with Gasteiger partial charge in [-0.1, -0.05) is 30.3 Å². The number of piperazine rings is 1. The number of nitrogens with zero attached hydrogens (tertiary/aromatic N) is 1. The fraction of sp³-hybridized carbons (Fsp3) is 0.533. The van der Waals surface area contributed by atoms with Crippen LogP contribution in [0.4, 0.5) is 0 Å². The molecule has 2 aliphatic rings. The lowest BCUT2D eigenvalue weighted by Crippen LogP contribution is -2.56. The molecule has 4 heteroatoms. The number of benzene rings is 1. The minimum Gasteiger partial charge on any atom is -0.336 e. The SMILES string of the molecule is NCC1CNCCN1C(=O)C1CC1c1ccccc1. The third-order valence-electron chi connectivity index (χ3n) is 4.24. The first-order valence-electron chi connectivity index (χ1n) is 7.07. The summed E-state index contributed by atoms with van der Waals surface area (Å²) in [6.07, 6.45) is 0.990. The molecule has 1 heterocycles. The van der Waals surface area contributed by atoms with Gasteiger partial charge in [0, 0.05) is 32.1 Å². The summed E-state index contributed by atoms with van der Waals surface area (Å²) in [5.41, 5.74) is 7.06. The number of rotatable bonds is 3. The fourth-order valence-corrected chi connectivity index (χ4v) is 3.01. The second-order valence-electron chi connectivity index (χ2n) is 5.48. The Bertz CT molecular complexity index is 448. The van der Waals surface area contributed by atoms with E-state index in [0.29, 0.717) is 18.4 Å². The molecule has 0 aromatic heterocycles. The van der Waals surface area contributed by atoms with E-state index < -0.39 is 0 Å². The Labute approximate surface area is 114 Å². The van der Waals surface area contributed by atoms with Gasteiger partial charge in [-0.25, -0.2) is 0 Å². The number of carbonyl (C=O) groups is 1. The van der Waals surface area contributed by atoms with Crippen molar-refractivity contribution in [3.8, 4) is 0 Å². The van der Waals surface area contributed by atoms with Gasteiger partial charge in [-0.15, -0.1) is 0 Å². The lowest BCUT2D eigenvalue weighted by Gasteiger charge is -2.35. The van der Waals surface area contributed by atoms with Crippen LogP contribution in [0.2, 0.25) is 0 Å². The highest BCUT2D eigenvalue weighted by molar-refractivity contribution is 5.83. The molecule has 1 saturated heterocycles. The van der Waals surface area contributed by atoms with Gasteiger partial charge >= 0.3 is 0 Å². The predicted octanol–water partition coefficient (Wildman–Crippen LogP) is 0.549. The van der Waals surface area contributed by atoms with Gasteiger partial charge in [-0.3, -0.25) is 4.79 Å². The third-order valence-corrected chi connectivity index (χ3v) is 4.24. The van der Waals surface area contributed by atoms with Crippen molar-refractivity contribution in [1.82, 2.24) is 10.2 Å². The molecule has 1 aromatic rings. The van der Waals surface area contributed by atoms with Crippen LogP contribution in [0.1, 0.15) is 17.9 Å². The van der Waals surface area contributed by atoms with Crippen molar-refractivity contribution in [3.63, 3.8) is 0 Å². The molecule has 19 heavy (non-hydrogen) atoms. The van der Waals surface area contributed by atoms with E-state index in [1.807, 2.05) is 23.1 Å². The molecule has 1 aliphatic heterocycles. The summed E-state index contributed by atoms with van der Waals surface area (Å²) in [6.45, 7) is 3.04. The highest BCUT2D eigenvalue weighted by Crippen LogP contribution is 2.48. The van der Waals surface area contributed by atoms with Crippen molar-refractivity contribution in [3.05, 3.63) is 35.9 Å². The van der Waals surface area contributed by atoms with Gasteiger partial charge in [-0.05, 0) is 17.9 Å². The van der Waals surface area contributed by atoms with Crippen LogP contribution >= 0.6 is 0 Å². The Kier molecular flexibility index (Phi) is 3.53. The first-order valence-corrected chi connectivity index (χ1v) is 7.07. The Morgan fingerprint density at radius 3 is 2.89 bits per heavy atom. The molecule has 3 rings (SSSR count). The van der Waals surface area contributed by atoms with E-state index in [9.17, 15) is 4.79 Å². The fourth-order valence-electron chi connectivity index (χ4n) is 3.01. The molecule has 3 N–H and O–H groups in total. The third kappa shape index (κ3) is 2.51. The summed E-state index contributed by atoms with van der Waals surface area (Å²) < 4.78 is 0. The maximum absolute atomic E-state index is 12.6. The van der Waals surface area contributed by atoms with Crippen LogP contribution in [0.3, 0.4) is 0 Å². The number of nitrogens with two attached hydrogens (primary N) is 1. The first kappa shape index (κ1) is 12.6. The number of hydrogen-bond donors (Lipinski definition) is 2. The van der Waals surface area contributed by atoms with Crippen molar-refractivity contribution in [1.29, 1.82) is 0 Å². The first-order chi connectivity index (χ1) is 9.31. The zero-order valence-electron chi connectivity index (χ0n) is 11.1. The molecular weight excluding hydrogens is 238 g/mol. The smallest absolute Gasteiger partial charge is 0.226 e. The molecule has 0 spiro atoms. The van der Waals surface area contributed by atoms with Crippen LogP contribution < -0.4 is 11.1 Å². The van der Waals surface area contributed by atoms with Crippen molar-refractivity contribution < 1.29 is 4.79 Å². The molecule has 4 nitrogen and oxygen atoms in total. The second-order valence-corrected chi connectivity index (χ2v) is 5.48. The Balaban J connectivity index is 1.66. The molecule has 3 unspecified atom stereocenters. The van der Waals surface area contributed by atoms with Crippen LogP contribution in [0, 0.1) is 5.92 Å². The summed E-state index contributed by atoms with van der Waals surface area (Å²) in [5.74, 6) is 0.891. The lowest BCUT2D eigenvalue weighted by atomic mass is 10.1. The number of hydrogen-bond acceptors (Lipinski definition) is 3. The molecule has 1 saturated carbocycles. The zero-order chi connectivity index (χ0) is 13.2. The van der Waals surface area contributed by atoms with E-state index in [2.05, 4.69) is 17.4 Å². The molecule has 2 fully saturated rings. The maximum Gasteiger partial charge on any atom is 0.226 e. The Morgan fingerprint density at radius 1 is 1.37 bits per heavy atom. The highest BCUT2D eigenvalue weighted by Gasteiger charge is 2.46. The number of nitrogens with one attached hydrogen (secondary N) is 1. The van der Waals surface area contributed by atoms with Crippen LogP contribution in [-0.2, 0) is 4.79 Å². The molecule has 1 amide bonds. The van der Waals surface area contributed by atoms with E-state index in [1.54, 1.807) is 0 Å². The minimum absolute atomic E-state index is 0.165. The monoisotopic (exact) mass is 259 g/mol. The van der Waals surface area contributed by atoms with Gasteiger partial charge in [0.1, 0.15) is 0 Å². The van der Waals surface area contributed by atoms with Crippen LogP contribution in [0.25, 0.3) is 0 Å². The normalized spacial score (nSPS) is 30.2. The van der Waals surface area contributed by atoms with Gasteiger partial charge in [0.15, 0.2) is 0 Å². The molecule has 1 aromatic carbocycles. The molecule has 3 atom stereocenters. The standard InChI is InChI=1S/C15H21N3O/c16-9-12-10-17-6-7-18(12)15(19)14-8-13(14)11-4-2-1-3-5-11/h1-5,12-14,17H,6-10,16H2.